The summed E-state index contributed by atoms with van der Waals surface area (Å²) in [6.07, 6.45) is 1.68. The maximum Gasteiger partial charge on any atom is 0.256 e. The molecule has 2 aromatic carbocycles. The molecule has 0 atom stereocenters. The number of furan rings is 1. The fourth-order valence-electron chi connectivity index (χ4n) is 3.68. The molecule has 150 valence electrons. The highest BCUT2D eigenvalue weighted by Crippen LogP contribution is 2.23. The molecule has 0 aliphatic carbocycles. The molecule has 1 aliphatic rings. The monoisotopic (exact) mass is 392 g/mol. The maximum atomic E-state index is 13.9. The van der Waals surface area contributed by atoms with Gasteiger partial charge in [-0.3, -0.25) is 4.79 Å². The minimum absolute atomic E-state index is 0.151. The third-order valence-electron chi connectivity index (χ3n) is 5.45. The molecule has 0 bridgehead atoms. The molecule has 29 heavy (non-hydrogen) atoms. The Morgan fingerprint density at radius 1 is 1.07 bits per heavy atom. The van der Waals surface area contributed by atoms with E-state index in [4.69, 9.17) is 4.42 Å². The van der Waals surface area contributed by atoms with Gasteiger partial charge in [0.05, 0.1) is 12.1 Å². The minimum Gasteiger partial charge on any atom is -0.460 e. The van der Waals surface area contributed by atoms with E-state index >= 15 is 0 Å². The lowest BCUT2D eigenvalue weighted by Crippen LogP contribution is -2.44. The molecule has 1 aliphatic heterocycles. The number of piperidine rings is 1. The van der Waals surface area contributed by atoms with Crippen LogP contribution in [0.25, 0.3) is 11.3 Å². The first-order valence-electron chi connectivity index (χ1n) is 10.0. The second kappa shape index (κ2) is 8.62. The summed E-state index contributed by atoms with van der Waals surface area (Å²) < 4.78 is 19.8. The van der Waals surface area contributed by atoms with Crippen LogP contribution in [0.1, 0.15) is 34.5 Å². The van der Waals surface area contributed by atoms with Crippen LogP contribution in [0.5, 0.6) is 0 Å². The summed E-state index contributed by atoms with van der Waals surface area (Å²) in [4.78, 5) is 14.3. The lowest BCUT2D eigenvalue weighted by molar-refractivity contribution is 0.0699. The number of amides is 1. The highest BCUT2D eigenvalue weighted by Gasteiger charge is 2.25. The van der Waals surface area contributed by atoms with Crippen LogP contribution in [0.15, 0.2) is 65.1 Å². The molecular weight excluding hydrogens is 367 g/mol. The van der Waals surface area contributed by atoms with E-state index in [1.165, 1.54) is 11.6 Å². The topological polar surface area (TPSA) is 45.5 Å². The molecule has 2 heterocycles. The summed E-state index contributed by atoms with van der Waals surface area (Å²) in [6, 6.07) is 18.8. The molecule has 1 aromatic heterocycles. The van der Waals surface area contributed by atoms with E-state index in [-0.39, 0.29) is 11.5 Å². The fraction of sp³-hybridized carbons (Fsp3) is 0.292. The van der Waals surface area contributed by atoms with E-state index in [0.717, 1.165) is 29.9 Å². The van der Waals surface area contributed by atoms with Crippen LogP contribution in [0.4, 0.5) is 4.39 Å². The summed E-state index contributed by atoms with van der Waals surface area (Å²) in [5.74, 6) is 1.08. The van der Waals surface area contributed by atoms with E-state index in [9.17, 15) is 9.18 Å². The minimum atomic E-state index is -0.458. The Labute approximate surface area is 170 Å². The lowest BCUT2D eigenvalue weighted by Gasteiger charge is -2.32. The number of benzene rings is 2. The summed E-state index contributed by atoms with van der Waals surface area (Å²) in [6.45, 7) is 3.96. The first-order chi connectivity index (χ1) is 14.1. The second-order valence-corrected chi connectivity index (χ2v) is 7.56. The van der Waals surface area contributed by atoms with Crippen molar-refractivity contribution in [3.63, 3.8) is 0 Å². The number of hydrogen-bond acceptors (Lipinski definition) is 3. The zero-order chi connectivity index (χ0) is 20.2. The van der Waals surface area contributed by atoms with Crippen LogP contribution >= 0.6 is 0 Å². The molecule has 1 amide bonds. The summed E-state index contributed by atoms with van der Waals surface area (Å²) in [7, 11) is 0. The van der Waals surface area contributed by atoms with Crippen LogP contribution in [0.2, 0.25) is 0 Å². The number of hydrogen-bond donors (Lipinski definition) is 1. The van der Waals surface area contributed by atoms with E-state index < -0.39 is 5.82 Å². The normalized spacial score (nSPS) is 14.9. The summed E-state index contributed by atoms with van der Waals surface area (Å²) in [5.41, 5.74) is 2.45. The maximum absolute atomic E-state index is 13.9. The predicted molar refractivity (Wildman–Crippen MR) is 111 cm³/mol. The van der Waals surface area contributed by atoms with Crippen molar-refractivity contribution >= 4 is 5.91 Å². The van der Waals surface area contributed by atoms with Gasteiger partial charge in [-0.1, -0.05) is 42.0 Å². The van der Waals surface area contributed by atoms with Gasteiger partial charge in [0.2, 0.25) is 0 Å². The van der Waals surface area contributed by atoms with Gasteiger partial charge in [-0.05, 0) is 44.0 Å². The van der Waals surface area contributed by atoms with Crippen LogP contribution in [0, 0.1) is 12.7 Å². The smallest absolute Gasteiger partial charge is 0.256 e. The van der Waals surface area contributed by atoms with E-state index in [0.29, 0.717) is 25.7 Å². The molecule has 5 heteroatoms. The molecular formula is C24H25FN2O2. The van der Waals surface area contributed by atoms with Crippen molar-refractivity contribution in [2.24, 2.45) is 0 Å². The number of nitrogens with zero attached hydrogens (tertiary/aromatic N) is 1. The standard InChI is InChI=1S/C24H25FN2O2/c1-17-6-8-18(9-7-17)23-11-10-20(29-23)16-26-19-12-14-27(15-13-19)24(28)21-4-2-3-5-22(21)25/h2-11,19,26H,12-16H2,1H3. The van der Waals surface area contributed by atoms with Crippen molar-refractivity contribution in [1.82, 2.24) is 10.2 Å². The van der Waals surface area contributed by atoms with Gasteiger partial charge in [0, 0.05) is 24.7 Å². The van der Waals surface area contributed by atoms with Gasteiger partial charge in [0.1, 0.15) is 17.3 Å². The average molecular weight is 392 g/mol. The Morgan fingerprint density at radius 2 is 1.79 bits per heavy atom. The third-order valence-corrected chi connectivity index (χ3v) is 5.45. The molecule has 0 unspecified atom stereocenters. The molecule has 1 N–H and O–H groups in total. The highest BCUT2D eigenvalue weighted by molar-refractivity contribution is 5.94. The van der Waals surface area contributed by atoms with Crippen LogP contribution < -0.4 is 5.32 Å². The van der Waals surface area contributed by atoms with Gasteiger partial charge in [0.25, 0.3) is 5.91 Å². The van der Waals surface area contributed by atoms with Gasteiger partial charge in [0.15, 0.2) is 0 Å². The Kier molecular flexibility index (Phi) is 5.76. The van der Waals surface area contributed by atoms with Crippen molar-refractivity contribution < 1.29 is 13.6 Å². The number of carbonyl (C=O) groups is 1. The number of halogens is 1. The molecule has 3 aromatic rings. The van der Waals surface area contributed by atoms with Gasteiger partial charge < -0.3 is 14.6 Å². The first kappa shape index (κ1) is 19.4. The number of aryl methyl sites for hydroxylation is 1. The molecule has 0 radical (unpaired) electrons. The highest BCUT2D eigenvalue weighted by atomic mass is 19.1. The zero-order valence-electron chi connectivity index (χ0n) is 16.5. The fourth-order valence-corrected chi connectivity index (χ4v) is 3.68. The van der Waals surface area contributed by atoms with Crippen molar-refractivity contribution in [3.05, 3.63) is 83.4 Å². The Hall–Kier alpha value is -2.92. The van der Waals surface area contributed by atoms with Crippen molar-refractivity contribution in [1.29, 1.82) is 0 Å². The lowest BCUT2D eigenvalue weighted by atomic mass is 10.0. The SMILES string of the molecule is Cc1ccc(-c2ccc(CNC3CCN(C(=O)c4ccccc4F)CC3)o2)cc1. The van der Waals surface area contributed by atoms with Crippen LogP contribution in [0.3, 0.4) is 0 Å². The third kappa shape index (κ3) is 4.57. The molecule has 0 saturated carbocycles. The van der Waals surface area contributed by atoms with E-state index in [1.807, 2.05) is 12.1 Å². The van der Waals surface area contributed by atoms with Gasteiger partial charge >= 0.3 is 0 Å². The second-order valence-electron chi connectivity index (χ2n) is 7.56. The predicted octanol–water partition coefficient (Wildman–Crippen LogP) is 4.79. The summed E-state index contributed by atoms with van der Waals surface area (Å²) >= 11 is 0. The largest absolute Gasteiger partial charge is 0.460 e. The molecule has 0 spiro atoms. The molecule has 4 rings (SSSR count). The van der Waals surface area contributed by atoms with Gasteiger partial charge in [-0.2, -0.15) is 0 Å². The quantitative estimate of drug-likeness (QED) is 0.679. The van der Waals surface area contributed by atoms with Gasteiger partial charge in [-0.25, -0.2) is 4.39 Å². The Balaban J connectivity index is 1.28. The number of likely N-dealkylation sites (tertiary alicyclic amines) is 1. The Bertz CT molecular complexity index is 973. The molecule has 4 nitrogen and oxygen atoms in total. The average Bonchev–Trinajstić information content (AvgIpc) is 3.22. The van der Waals surface area contributed by atoms with E-state index in [1.54, 1.807) is 23.1 Å². The number of rotatable bonds is 5. The van der Waals surface area contributed by atoms with E-state index in [2.05, 4.69) is 36.5 Å². The Morgan fingerprint density at radius 3 is 2.52 bits per heavy atom. The van der Waals surface area contributed by atoms with Crippen LogP contribution in [-0.4, -0.2) is 29.9 Å². The van der Waals surface area contributed by atoms with Crippen LogP contribution in [-0.2, 0) is 6.54 Å². The summed E-state index contributed by atoms with van der Waals surface area (Å²) in [5, 5.41) is 3.52. The molecule has 1 saturated heterocycles. The van der Waals surface area contributed by atoms with Crippen molar-refractivity contribution in [2.45, 2.75) is 32.4 Å². The zero-order valence-corrected chi connectivity index (χ0v) is 16.5. The number of carbonyl (C=O) groups excluding carboxylic acids is 1. The van der Waals surface area contributed by atoms with Crippen molar-refractivity contribution in [2.75, 3.05) is 13.1 Å². The number of nitrogens with one attached hydrogen (secondary N) is 1. The molecule has 1 fully saturated rings. The van der Waals surface area contributed by atoms with Crippen molar-refractivity contribution in [3.8, 4) is 11.3 Å². The first-order valence-corrected chi connectivity index (χ1v) is 10.0. The van der Waals surface area contributed by atoms with Gasteiger partial charge in [-0.15, -0.1) is 0 Å².